The minimum atomic E-state index is -3.88. The molecule has 0 fully saturated rings. The zero-order valence-electron chi connectivity index (χ0n) is 16.9. The van der Waals surface area contributed by atoms with Gasteiger partial charge >= 0.3 is 0 Å². The van der Waals surface area contributed by atoms with E-state index in [1.165, 1.54) is 30.3 Å². The standard InChI is InChI=1S/C24H20FNO5S/c25-17-6-3-5-16(12-17)24(23-13-15-4-1-2-7-19(15)30-23)21-10-11-29-22-14-18(32(26,27)28)8-9-20(22)31-21/h1-9,12-14,21,24H,10-11H2,(H2,26,27,28)/t21?,24-/m1/s1. The lowest BCUT2D eigenvalue weighted by molar-refractivity contribution is 0.165. The third-order valence-corrected chi connectivity index (χ3v) is 6.42. The van der Waals surface area contributed by atoms with Crippen LogP contribution in [-0.2, 0) is 10.0 Å². The number of para-hydroxylation sites is 1. The molecule has 2 N–H and O–H groups in total. The fraction of sp³-hybridized carbons (Fsp3) is 0.167. The highest BCUT2D eigenvalue weighted by molar-refractivity contribution is 7.89. The second-order valence-corrected chi connectivity index (χ2v) is 9.23. The molecule has 0 saturated heterocycles. The lowest BCUT2D eigenvalue weighted by Gasteiger charge is -2.25. The lowest BCUT2D eigenvalue weighted by Crippen LogP contribution is -2.27. The number of nitrogens with two attached hydrogens (primary N) is 1. The maximum Gasteiger partial charge on any atom is 0.238 e. The number of ether oxygens (including phenoxy) is 2. The number of sulfonamides is 1. The summed E-state index contributed by atoms with van der Waals surface area (Å²) in [6.45, 7) is 0.276. The van der Waals surface area contributed by atoms with Gasteiger partial charge in [0.1, 0.15) is 23.3 Å². The van der Waals surface area contributed by atoms with E-state index in [0.29, 0.717) is 29.2 Å². The summed E-state index contributed by atoms with van der Waals surface area (Å²) in [5, 5.41) is 6.17. The maximum absolute atomic E-state index is 14.1. The Morgan fingerprint density at radius 2 is 1.81 bits per heavy atom. The van der Waals surface area contributed by atoms with E-state index in [2.05, 4.69) is 0 Å². The van der Waals surface area contributed by atoms with Crippen LogP contribution >= 0.6 is 0 Å². The van der Waals surface area contributed by atoms with Crippen LogP contribution in [0.2, 0.25) is 0 Å². The van der Waals surface area contributed by atoms with Crippen LogP contribution in [0.4, 0.5) is 4.39 Å². The molecule has 2 heterocycles. The zero-order chi connectivity index (χ0) is 22.3. The number of hydrogen-bond acceptors (Lipinski definition) is 5. The molecule has 5 rings (SSSR count). The Morgan fingerprint density at radius 1 is 0.969 bits per heavy atom. The molecule has 3 aromatic carbocycles. The summed E-state index contributed by atoms with van der Waals surface area (Å²) in [5.74, 6) is 0.558. The largest absolute Gasteiger partial charge is 0.490 e. The van der Waals surface area contributed by atoms with Gasteiger partial charge in [0.25, 0.3) is 0 Å². The first-order valence-electron chi connectivity index (χ1n) is 10.1. The summed E-state index contributed by atoms with van der Waals surface area (Å²) in [4.78, 5) is -0.0581. The van der Waals surface area contributed by atoms with Crippen LogP contribution in [0, 0.1) is 5.82 Å². The van der Waals surface area contributed by atoms with Gasteiger partial charge in [0, 0.05) is 17.9 Å². The summed E-state index contributed by atoms with van der Waals surface area (Å²) in [5.41, 5.74) is 1.44. The van der Waals surface area contributed by atoms with Gasteiger partial charge in [-0.05, 0) is 42.0 Å². The summed E-state index contributed by atoms with van der Waals surface area (Å²) >= 11 is 0. The van der Waals surface area contributed by atoms with Crippen molar-refractivity contribution in [2.24, 2.45) is 5.14 Å². The van der Waals surface area contributed by atoms with Crippen molar-refractivity contribution in [3.8, 4) is 11.5 Å². The fourth-order valence-electron chi connectivity index (χ4n) is 4.04. The van der Waals surface area contributed by atoms with Gasteiger partial charge in [-0.25, -0.2) is 17.9 Å². The van der Waals surface area contributed by atoms with E-state index in [1.807, 2.05) is 36.4 Å². The van der Waals surface area contributed by atoms with Gasteiger partial charge in [-0.2, -0.15) is 0 Å². The van der Waals surface area contributed by atoms with Crippen molar-refractivity contribution in [1.82, 2.24) is 0 Å². The first-order valence-corrected chi connectivity index (χ1v) is 11.6. The predicted octanol–water partition coefficient (Wildman–Crippen LogP) is 4.58. The smallest absolute Gasteiger partial charge is 0.238 e. The molecular weight excluding hydrogens is 433 g/mol. The molecule has 32 heavy (non-hydrogen) atoms. The molecule has 0 saturated carbocycles. The first kappa shape index (κ1) is 20.5. The molecule has 1 aromatic heterocycles. The van der Waals surface area contributed by atoms with Gasteiger partial charge in [0.15, 0.2) is 11.5 Å². The highest BCUT2D eigenvalue weighted by Crippen LogP contribution is 2.40. The van der Waals surface area contributed by atoms with E-state index in [1.54, 1.807) is 6.07 Å². The highest BCUT2D eigenvalue weighted by Gasteiger charge is 2.33. The Labute approximate surface area is 184 Å². The molecule has 4 aromatic rings. The summed E-state index contributed by atoms with van der Waals surface area (Å²) in [6.07, 6.45) is 0.0244. The molecule has 1 aliphatic heterocycles. The highest BCUT2D eigenvalue weighted by atomic mass is 32.2. The number of halogens is 1. The average molecular weight is 453 g/mol. The zero-order valence-corrected chi connectivity index (χ0v) is 17.7. The van der Waals surface area contributed by atoms with Gasteiger partial charge in [-0.15, -0.1) is 0 Å². The third kappa shape index (κ3) is 3.94. The fourth-order valence-corrected chi connectivity index (χ4v) is 4.56. The van der Waals surface area contributed by atoms with Crippen molar-refractivity contribution in [3.05, 3.63) is 89.9 Å². The number of primary sulfonamides is 1. The summed E-state index contributed by atoms with van der Waals surface area (Å²) in [7, 11) is -3.88. The number of benzene rings is 3. The van der Waals surface area contributed by atoms with Crippen molar-refractivity contribution >= 4 is 21.0 Å². The van der Waals surface area contributed by atoms with E-state index in [0.717, 1.165) is 11.0 Å². The van der Waals surface area contributed by atoms with Crippen molar-refractivity contribution in [1.29, 1.82) is 0 Å². The van der Waals surface area contributed by atoms with Crippen LogP contribution in [0.3, 0.4) is 0 Å². The number of rotatable bonds is 4. The predicted molar refractivity (Wildman–Crippen MR) is 117 cm³/mol. The molecule has 0 aliphatic carbocycles. The molecule has 0 amide bonds. The monoisotopic (exact) mass is 453 g/mol. The first-order chi connectivity index (χ1) is 15.4. The van der Waals surface area contributed by atoms with E-state index < -0.39 is 22.0 Å². The molecule has 0 bridgehead atoms. The molecule has 0 radical (unpaired) electrons. The Bertz CT molecular complexity index is 1370. The minimum Gasteiger partial charge on any atom is -0.490 e. The van der Waals surface area contributed by atoms with Crippen LogP contribution in [0.15, 0.2) is 82.1 Å². The lowest BCUT2D eigenvalue weighted by atomic mass is 9.89. The number of hydrogen-bond donors (Lipinski definition) is 1. The van der Waals surface area contributed by atoms with Crippen molar-refractivity contribution in [2.75, 3.05) is 6.61 Å². The van der Waals surface area contributed by atoms with Gasteiger partial charge in [-0.3, -0.25) is 0 Å². The van der Waals surface area contributed by atoms with E-state index >= 15 is 0 Å². The molecule has 1 aliphatic rings. The second kappa shape index (κ2) is 7.96. The molecule has 0 spiro atoms. The van der Waals surface area contributed by atoms with Crippen LogP contribution in [-0.4, -0.2) is 21.1 Å². The Balaban J connectivity index is 1.58. The SMILES string of the molecule is NS(=O)(=O)c1ccc2c(c1)OCCC([C@@H](c1cccc(F)c1)c1cc3ccccc3o1)O2. The Kier molecular flexibility index (Phi) is 5.11. The van der Waals surface area contributed by atoms with Crippen molar-refractivity contribution < 1.29 is 26.7 Å². The van der Waals surface area contributed by atoms with Gasteiger partial charge in [-0.1, -0.05) is 30.3 Å². The Hall–Kier alpha value is -3.36. The molecule has 6 nitrogen and oxygen atoms in total. The number of fused-ring (bicyclic) bond motifs is 2. The van der Waals surface area contributed by atoms with E-state index in [4.69, 9.17) is 19.0 Å². The minimum absolute atomic E-state index is 0.0581. The summed E-state index contributed by atoms with van der Waals surface area (Å²) in [6, 6.07) is 20.2. The molecule has 8 heteroatoms. The van der Waals surface area contributed by atoms with Crippen LogP contribution in [0.1, 0.15) is 23.7 Å². The van der Waals surface area contributed by atoms with E-state index in [-0.39, 0.29) is 17.3 Å². The normalized spacial score (nSPS) is 17.1. The average Bonchev–Trinajstić information content (AvgIpc) is 3.06. The van der Waals surface area contributed by atoms with Crippen LogP contribution in [0.5, 0.6) is 11.5 Å². The van der Waals surface area contributed by atoms with Crippen LogP contribution in [0.25, 0.3) is 11.0 Å². The van der Waals surface area contributed by atoms with Crippen molar-refractivity contribution in [3.63, 3.8) is 0 Å². The summed E-state index contributed by atoms with van der Waals surface area (Å²) < 4.78 is 55.7. The second-order valence-electron chi connectivity index (χ2n) is 7.67. The molecular formula is C24H20FNO5S. The molecule has 2 atom stereocenters. The quantitative estimate of drug-likeness (QED) is 0.488. The maximum atomic E-state index is 14.1. The number of furan rings is 1. The molecule has 1 unspecified atom stereocenters. The van der Waals surface area contributed by atoms with Gasteiger partial charge in [0.05, 0.1) is 17.4 Å². The van der Waals surface area contributed by atoms with Crippen molar-refractivity contribution in [2.45, 2.75) is 23.3 Å². The van der Waals surface area contributed by atoms with Crippen LogP contribution < -0.4 is 14.6 Å². The van der Waals surface area contributed by atoms with Gasteiger partial charge in [0.2, 0.25) is 10.0 Å². The third-order valence-electron chi connectivity index (χ3n) is 5.51. The van der Waals surface area contributed by atoms with E-state index in [9.17, 15) is 12.8 Å². The topological polar surface area (TPSA) is 91.8 Å². The van der Waals surface area contributed by atoms with Gasteiger partial charge < -0.3 is 13.9 Å². The molecule has 164 valence electrons. The Morgan fingerprint density at radius 3 is 2.59 bits per heavy atom.